The fraction of sp³-hybridized carbons (Fsp3) is 0.375. The van der Waals surface area contributed by atoms with E-state index in [-0.39, 0.29) is 0 Å². The summed E-state index contributed by atoms with van der Waals surface area (Å²) in [5.41, 5.74) is 7.30. The predicted molar refractivity (Wildman–Crippen MR) is 79.4 cm³/mol. The monoisotopic (exact) mass is 258 g/mol. The summed E-state index contributed by atoms with van der Waals surface area (Å²) in [5.74, 6) is 0.904. The number of hydrogen-bond donors (Lipinski definition) is 1. The van der Waals surface area contributed by atoms with Gasteiger partial charge in [0, 0.05) is 17.4 Å². The number of nitrogens with zero attached hydrogens (tertiary/aromatic N) is 1. The molecule has 0 saturated carbocycles. The summed E-state index contributed by atoms with van der Waals surface area (Å²) >= 11 is 0. The Kier molecular flexibility index (Phi) is 4.15. The summed E-state index contributed by atoms with van der Waals surface area (Å²) in [6, 6.07) is 12.9. The van der Waals surface area contributed by atoms with E-state index in [1.807, 2.05) is 12.1 Å². The molecule has 1 atom stereocenters. The molecule has 1 unspecified atom stereocenters. The third-order valence-electron chi connectivity index (χ3n) is 3.32. The van der Waals surface area contributed by atoms with Crippen LogP contribution in [0, 0.1) is 13.8 Å². The zero-order valence-corrected chi connectivity index (χ0v) is 12.1. The summed E-state index contributed by atoms with van der Waals surface area (Å²) in [4.78, 5) is 0. The molecule has 0 radical (unpaired) electrons. The van der Waals surface area contributed by atoms with E-state index in [1.165, 1.54) is 17.0 Å². The van der Waals surface area contributed by atoms with Crippen molar-refractivity contribution >= 4 is 0 Å². The van der Waals surface area contributed by atoms with E-state index in [1.54, 1.807) is 7.11 Å². The van der Waals surface area contributed by atoms with Crippen molar-refractivity contribution in [2.45, 2.75) is 33.2 Å². The Morgan fingerprint density at radius 2 is 1.63 bits per heavy atom. The van der Waals surface area contributed by atoms with Crippen molar-refractivity contribution in [2.75, 3.05) is 12.5 Å². The lowest BCUT2D eigenvalue weighted by atomic mass is 10.1. The van der Waals surface area contributed by atoms with Crippen molar-refractivity contribution in [1.82, 2.24) is 4.68 Å². The standard InChI is InChI=1S/C16H22N2O/c1-12(17-18-13(2)5-6-14(18)3)11-15-7-9-16(19-4)10-8-15/h5-10,12,17H,11H2,1-4H3. The third kappa shape index (κ3) is 3.31. The average Bonchev–Trinajstić information content (AvgIpc) is 2.71. The lowest BCUT2D eigenvalue weighted by molar-refractivity contribution is 0.414. The van der Waals surface area contributed by atoms with Crippen LogP contribution in [-0.4, -0.2) is 17.8 Å². The lowest BCUT2D eigenvalue weighted by Crippen LogP contribution is -2.28. The number of aryl methyl sites for hydroxylation is 2. The van der Waals surface area contributed by atoms with Gasteiger partial charge in [-0.2, -0.15) is 0 Å². The van der Waals surface area contributed by atoms with E-state index in [0.29, 0.717) is 6.04 Å². The quantitative estimate of drug-likeness (QED) is 0.890. The van der Waals surface area contributed by atoms with E-state index in [4.69, 9.17) is 4.74 Å². The van der Waals surface area contributed by atoms with Gasteiger partial charge in [0.15, 0.2) is 0 Å². The van der Waals surface area contributed by atoms with Gasteiger partial charge in [0.1, 0.15) is 5.75 Å². The molecule has 1 aromatic heterocycles. The van der Waals surface area contributed by atoms with Gasteiger partial charge in [0.05, 0.1) is 7.11 Å². The molecule has 0 amide bonds. The minimum absolute atomic E-state index is 0.373. The molecular formula is C16H22N2O. The van der Waals surface area contributed by atoms with Gasteiger partial charge in [0.25, 0.3) is 0 Å². The Morgan fingerprint density at radius 3 is 2.16 bits per heavy atom. The summed E-state index contributed by atoms with van der Waals surface area (Å²) < 4.78 is 7.32. The minimum atomic E-state index is 0.373. The van der Waals surface area contributed by atoms with Gasteiger partial charge in [-0.25, -0.2) is 0 Å². The number of ether oxygens (including phenoxy) is 1. The molecule has 1 aromatic carbocycles. The van der Waals surface area contributed by atoms with Crippen LogP contribution in [0.25, 0.3) is 0 Å². The molecule has 0 spiro atoms. The van der Waals surface area contributed by atoms with Crippen molar-refractivity contribution < 1.29 is 4.74 Å². The molecule has 3 nitrogen and oxygen atoms in total. The second-order valence-electron chi connectivity index (χ2n) is 5.03. The zero-order chi connectivity index (χ0) is 13.8. The lowest BCUT2D eigenvalue weighted by Gasteiger charge is -2.19. The van der Waals surface area contributed by atoms with Crippen LogP contribution in [0.3, 0.4) is 0 Å². The molecule has 19 heavy (non-hydrogen) atoms. The Bertz CT molecular complexity index is 509. The SMILES string of the molecule is COc1ccc(CC(C)Nn2c(C)ccc2C)cc1. The van der Waals surface area contributed by atoms with Crippen LogP contribution < -0.4 is 10.2 Å². The highest BCUT2D eigenvalue weighted by molar-refractivity contribution is 5.28. The van der Waals surface area contributed by atoms with Gasteiger partial charge in [-0.1, -0.05) is 12.1 Å². The molecule has 0 aliphatic heterocycles. The van der Waals surface area contributed by atoms with E-state index >= 15 is 0 Å². The maximum absolute atomic E-state index is 5.17. The van der Waals surface area contributed by atoms with Crippen molar-refractivity contribution in [3.8, 4) is 5.75 Å². The summed E-state index contributed by atoms with van der Waals surface area (Å²) in [6.45, 7) is 6.42. The molecule has 1 heterocycles. The Hall–Kier alpha value is -1.90. The van der Waals surface area contributed by atoms with Crippen LogP contribution in [-0.2, 0) is 6.42 Å². The molecule has 0 aliphatic carbocycles. The molecule has 0 bridgehead atoms. The van der Waals surface area contributed by atoms with E-state index < -0.39 is 0 Å². The summed E-state index contributed by atoms with van der Waals surface area (Å²) in [7, 11) is 1.69. The molecular weight excluding hydrogens is 236 g/mol. The highest BCUT2D eigenvalue weighted by Crippen LogP contribution is 2.13. The van der Waals surface area contributed by atoms with Crippen LogP contribution in [0.2, 0.25) is 0 Å². The van der Waals surface area contributed by atoms with Gasteiger partial charge in [0.2, 0.25) is 0 Å². The third-order valence-corrected chi connectivity index (χ3v) is 3.32. The predicted octanol–water partition coefficient (Wildman–Crippen LogP) is 3.29. The van der Waals surface area contributed by atoms with E-state index in [0.717, 1.165) is 12.2 Å². The molecule has 0 fully saturated rings. The van der Waals surface area contributed by atoms with Gasteiger partial charge in [-0.3, -0.25) is 4.68 Å². The summed E-state index contributed by atoms with van der Waals surface area (Å²) in [5, 5.41) is 0. The molecule has 1 N–H and O–H groups in total. The molecule has 2 aromatic rings. The first-order chi connectivity index (χ1) is 9.10. The maximum atomic E-state index is 5.17. The van der Waals surface area contributed by atoms with Crippen LogP contribution in [0.15, 0.2) is 36.4 Å². The normalized spacial score (nSPS) is 12.2. The van der Waals surface area contributed by atoms with Crippen molar-refractivity contribution in [2.24, 2.45) is 0 Å². The Labute approximate surface area is 115 Å². The molecule has 102 valence electrons. The topological polar surface area (TPSA) is 26.2 Å². The van der Waals surface area contributed by atoms with Gasteiger partial charge < -0.3 is 10.2 Å². The van der Waals surface area contributed by atoms with Crippen LogP contribution in [0.1, 0.15) is 23.9 Å². The number of aromatic nitrogens is 1. The number of benzene rings is 1. The number of rotatable bonds is 5. The first kappa shape index (κ1) is 13.5. The fourth-order valence-corrected chi connectivity index (χ4v) is 2.25. The average molecular weight is 258 g/mol. The zero-order valence-electron chi connectivity index (χ0n) is 12.1. The van der Waals surface area contributed by atoms with E-state index in [2.05, 4.69) is 55.1 Å². The van der Waals surface area contributed by atoms with Crippen LogP contribution in [0.5, 0.6) is 5.75 Å². The smallest absolute Gasteiger partial charge is 0.118 e. The Balaban J connectivity index is 1.99. The summed E-state index contributed by atoms with van der Waals surface area (Å²) in [6.07, 6.45) is 0.987. The van der Waals surface area contributed by atoms with Gasteiger partial charge in [-0.05, 0) is 57.0 Å². The van der Waals surface area contributed by atoms with Gasteiger partial charge in [-0.15, -0.1) is 0 Å². The Morgan fingerprint density at radius 1 is 1.05 bits per heavy atom. The van der Waals surface area contributed by atoms with Gasteiger partial charge >= 0.3 is 0 Å². The minimum Gasteiger partial charge on any atom is -0.497 e. The van der Waals surface area contributed by atoms with Crippen molar-refractivity contribution in [1.29, 1.82) is 0 Å². The number of methoxy groups -OCH3 is 1. The highest BCUT2D eigenvalue weighted by Gasteiger charge is 2.06. The van der Waals surface area contributed by atoms with Crippen molar-refractivity contribution in [3.05, 3.63) is 53.3 Å². The van der Waals surface area contributed by atoms with Crippen LogP contribution >= 0.6 is 0 Å². The second kappa shape index (κ2) is 5.83. The highest BCUT2D eigenvalue weighted by atomic mass is 16.5. The molecule has 2 rings (SSSR count). The van der Waals surface area contributed by atoms with Crippen molar-refractivity contribution in [3.63, 3.8) is 0 Å². The maximum Gasteiger partial charge on any atom is 0.118 e. The molecule has 3 heteroatoms. The molecule has 0 saturated heterocycles. The van der Waals surface area contributed by atoms with E-state index in [9.17, 15) is 0 Å². The van der Waals surface area contributed by atoms with Crippen LogP contribution in [0.4, 0.5) is 0 Å². The molecule has 0 aliphatic rings. The number of hydrogen-bond acceptors (Lipinski definition) is 2. The largest absolute Gasteiger partial charge is 0.497 e. The number of nitrogens with one attached hydrogen (secondary N) is 1. The second-order valence-corrected chi connectivity index (χ2v) is 5.03. The first-order valence-corrected chi connectivity index (χ1v) is 6.64. The fourth-order valence-electron chi connectivity index (χ4n) is 2.25. The first-order valence-electron chi connectivity index (χ1n) is 6.64.